The van der Waals surface area contributed by atoms with Crippen molar-refractivity contribution in [2.45, 2.75) is 45.1 Å². The number of likely N-dealkylation sites (N-methyl/N-ethyl adjacent to an activating group) is 1. The summed E-state index contributed by atoms with van der Waals surface area (Å²) < 4.78 is 11.2. The smallest absolute Gasteiger partial charge is 0.243 e. The number of carbonyl (C=O) groups is 1. The number of rotatable bonds is 11. The molecule has 7 nitrogen and oxygen atoms in total. The van der Waals surface area contributed by atoms with Gasteiger partial charge in [-0.1, -0.05) is 13.3 Å². The molecular formula is C17H35IN4O3. The maximum absolute atomic E-state index is 11.6. The summed E-state index contributed by atoms with van der Waals surface area (Å²) in [6.07, 6.45) is 5.62. The number of carbonyl (C=O) groups excluding carboxylic acids is 1. The molecule has 0 radical (unpaired) electrons. The van der Waals surface area contributed by atoms with Crippen molar-refractivity contribution in [1.82, 2.24) is 15.5 Å². The van der Waals surface area contributed by atoms with Gasteiger partial charge in [-0.25, -0.2) is 4.99 Å². The van der Waals surface area contributed by atoms with Crippen LogP contribution in [0.4, 0.5) is 0 Å². The highest BCUT2D eigenvalue weighted by atomic mass is 127. The Labute approximate surface area is 169 Å². The molecule has 148 valence electrons. The molecule has 1 rings (SSSR count). The number of halogens is 1. The number of hydrogen-bond donors (Lipinski definition) is 2. The van der Waals surface area contributed by atoms with Crippen LogP contribution in [0.2, 0.25) is 0 Å². The molecule has 0 spiro atoms. The Hall–Kier alpha value is -0.610. The van der Waals surface area contributed by atoms with E-state index in [9.17, 15) is 4.79 Å². The maximum atomic E-state index is 11.6. The predicted octanol–water partition coefficient (Wildman–Crippen LogP) is 1.61. The summed E-state index contributed by atoms with van der Waals surface area (Å²) >= 11 is 0. The normalized spacial score (nSPS) is 17.1. The summed E-state index contributed by atoms with van der Waals surface area (Å²) in [5.74, 6) is 0.685. The molecule has 0 aromatic rings. The van der Waals surface area contributed by atoms with Crippen LogP contribution in [0.25, 0.3) is 0 Å². The lowest BCUT2D eigenvalue weighted by Gasteiger charge is -2.14. The van der Waals surface area contributed by atoms with E-state index in [0.29, 0.717) is 19.2 Å². The second-order valence-electron chi connectivity index (χ2n) is 6.22. The maximum Gasteiger partial charge on any atom is 0.243 e. The van der Waals surface area contributed by atoms with Crippen LogP contribution in [0.5, 0.6) is 0 Å². The van der Waals surface area contributed by atoms with E-state index in [4.69, 9.17) is 9.47 Å². The van der Waals surface area contributed by atoms with E-state index in [-0.39, 0.29) is 42.5 Å². The topological polar surface area (TPSA) is 75.2 Å². The third-order valence-electron chi connectivity index (χ3n) is 3.78. The molecule has 8 heteroatoms. The van der Waals surface area contributed by atoms with E-state index >= 15 is 0 Å². The average molecular weight is 470 g/mol. The van der Waals surface area contributed by atoms with Crippen molar-refractivity contribution in [3.63, 3.8) is 0 Å². The van der Waals surface area contributed by atoms with Gasteiger partial charge in [0.1, 0.15) is 6.54 Å². The van der Waals surface area contributed by atoms with E-state index in [0.717, 1.165) is 51.8 Å². The highest BCUT2D eigenvalue weighted by Crippen LogP contribution is 2.11. The van der Waals surface area contributed by atoms with E-state index in [1.165, 1.54) is 0 Å². The van der Waals surface area contributed by atoms with Crippen LogP contribution in [0, 0.1) is 0 Å². The summed E-state index contributed by atoms with van der Waals surface area (Å²) in [6.45, 7) is 6.17. The molecule has 1 atom stereocenters. The van der Waals surface area contributed by atoms with Gasteiger partial charge in [-0.3, -0.25) is 4.79 Å². The van der Waals surface area contributed by atoms with Crippen molar-refractivity contribution in [2.75, 3.05) is 53.6 Å². The second kappa shape index (κ2) is 15.6. The minimum Gasteiger partial charge on any atom is -0.379 e. The van der Waals surface area contributed by atoms with Crippen LogP contribution in [0.1, 0.15) is 39.0 Å². The van der Waals surface area contributed by atoms with Crippen LogP contribution in [-0.4, -0.2) is 76.4 Å². The number of guanidine groups is 1. The van der Waals surface area contributed by atoms with Crippen molar-refractivity contribution >= 4 is 35.8 Å². The van der Waals surface area contributed by atoms with E-state index in [1.807, 2.05) is 0 Å². The third-order valence-corrected chi connectivity index (χ3v) is 3.78. The highest BCUT2D eigenvalue weighted by Gasteiger charge is 2.14. The van der Waals surface area contributed by atoms with Crippen LogP contribution >= 0.6 is 24.0 Å². The number of nitrogens with zero attached hydrogens (tertiary/aromatic N) is 2. The number of ether oxygens (including phenoxy) is 2. The van der Waals surface area contributed by atoms with Crippen molar-refractivity contribution in [3.8, 4) is 0 Å². The van der Waals surface area contributed by atoms with Crippen molar-refractivity contribution in [3.05, 3.63) is 0 Å². The van der Waals surface area contributed by atoms with Crippen molar-refractivity contribution in [2.24, 2.45) is 4.99 Å². The molecule has 1 amide bonds. The van der Waals surface area contributed by atoms with Crippen LogP contribution in [0.15, 0.2) is 4.99 Å². The van der Waals surface area contributed by atoms with E-state index in [2.05, 4.69) is 22.5 Å². The van der Waals surface area contributed by atoms with Gasteiger partial charge >= 0.3 is 0 Å². The molecule has 1 aliphatic rings. The van der Waals surface area contributed by atoms with Gasteiger partial charge in [0, 0.05) is 40.4 Å². The minimum atomic E-state index is -0.00788. The zero-order chi connectivity index (χ0) is 17.6. The van der Waals surface area contributed by atoms with Gasteiger partial charge < -0.3 is 25.0 Å². The van der Waals surface area contributed by atoms with Gasteiger partial charge in [0.2, 0.25) is 5.91 Å². The molecule has 2 N–H and O–H groups in total. The second-order valence-corrected chi connectivity index (χ2v) is 6.22. The fraction of sp³-hybridized carbons (Fsp3) is 0.882. The Morgan fingerprint density at radius 1 is 1.28 bits per heavy atom. The largest absolute Gasteiger partial charge is 0.379 e. The number of aliphatic imine (C=N–C) groups is 1. The van der Waals surface area contributed by atoms with Gasteiger partial charge in [0.25, 0.3) is 0 Å². The number of hydrogen-bond acceptors (Lipinski definition) is 4. The molecule has 1 unspecified atom stereocenters. The summed E-state index contributed by atoms with van der Waals surface area (Å²) in [5.41, 5.74) is 0. The first-order chi connectivity index (χ1) is 11.6. The van der Waals surface area contributed by atoms with Crippen LogP contribution < -0.4 is 10.6 Å². The van der Waals surface area contributed by atoms with Gasteiger partial charge in [-0.05, 0) is 25.7 Å². The number of nitrogens with one attached hydrogen (secondary N) is 2. The molecular weight excluding hydrogens is 435 g/mol. The fourth-order valence-electron chi connectivity index (χ4n) is 2.22. The molecule has 25 heavy (non-hydrogen) atoms. The summed E-state index contributed by atoms with van der Waals surface area (Å²) in [7, 11) is 3.47. The summed E-state index contributed by atoms with van der Waals surface area (Å²) in [4.78, 5) is 17.5. The SMILES string of the molecule is CCCCNC(=NCC(=O)N(C)C)NCCCOCC1CCCO1.I. The van der Waals surface area contributed by atoms with Gasteiger partial charge in [-0.2, -0.15) is 0 Å². The molecule has 1 fully saturated rings. The van der Waals surface area contributed by atoms with Crippen LogP contribution in [0.3, 0.4) is 0 Å². The van der Waals surface area contributed by atoms with Gasteiger partial charge in [-0.15, -0.1) is 24.0 Å². The molecule has 0 aliphatic carbocycles. The lowest BCUT2D eigenvalue weighted by atomic mass is 10.2. The predicted molar refractivity (Wildman–Crippen MR) is 112 cm³/mol. The zero-order valence-electron chi connectivity index (χ0n) is 15.9. The van der Waals surface area contributed by atoms with Gasteiger partial charge in [0.15, 0.2) is 5.96 Å². The lowest BCUT2D eigenvalue weighted by Crippen LogP contribution is -2.39. The zero-order valence-corrected chi connectivity index (χ0v) is 18.2. The Bertz CT molecular complexity index is 375. The lowest BCUT2D eigenvalue weighted by molar-refractivity contribution is -0.127. The Morgan fingerprint density at radius 3 is 2.60 bits per heavy atom. The van der Waals surface area contributed by atoms with Crippen molar-refractivity contribution in [1.29, 1.82) is 0 Å². The highest BCUT2D eigenvalue weighted by molar-refractivity contribution is 14.0. The summed E-state index contributed by atoms with van der Waals surface area (Å²) in [6, 6.07) is 0. The number of unbranched alkanes of at least 4 members (excludes halogenated alkanes) is 1. The first-order valence-corrected chi connectivity index (χ1v) is 9.05. The molecule has 1 saturated heterocycles. The molecule has 0 aromatic heterocycles. The Kier molecular flexibility index (Phi) is 15.2. The molecule has 0 saturated carbocycles. The first kappa shape index (κ1) is 24.4. The van der Waals surface area contributed by atoms with E-state index in [1.54, 1.807) is 19.0 Å². The average Bonchev–Trinajstić information content (AvgIpc) is 3.08. The Balaban J connectivity index is 0.00000576. The van der Waals surface area contributed by atoms with Crippen LogP contribution in [-0.2, 0) is 14.3 Å². The standard InChI is InChI=1S/C17H34N4O3.HI/c1-4-5-9-18-17(20-13-16(22)21(2)3)19-10-7-11-23-14-15-8-6-12-24-15;/h15H,4-14H2,1-3H3,(H2,18,19,20);1H. The minimum absolute atomic E-state index is 0. The fourth-order valence-corrected chi connectivity index (χ4v) is 2.22. The molecule has 1 aliphatic heterocycles. The number of amides is 1. The third kappa shape index (κ3) is 12.4. The molecule has 0 aromatic carbocycles. The van der Waals surface area contributed by atoms with Crippen molar-refractivity contribution < 1.29 is 14.3 Å². The summed E-state index contributed by atoms with van der Waals surface area (Å²) in [5, 5.41) is 6.52. The Morgan fingerprint density at radius 2 is 2.00 bits per heavy atom. The monoisotopic (exact) mass is 470 g/mol. The quantitative estimate of drug-likeness (QED) is 0.208. The molecule has 1 heterocycles. The van der Waals surface area contributed by atoms with Gasteiger partial charge in [0.05, 0.1) is 12.7 Å². The first-order valence-electron chi connectivity index (χ1n) is 9.05. The molecule has 0 bridgehead atoms. The van der Waals surface area contributed by atoms with E-state index < -0.39 is 0 Å².